The van der Waals surface area contributed by atoms with Gasteiger partial charge >= 0.3 is 0 Å². The summed E-state index contributed by atoms with van der Waals surface area (Å²) in [6.07, 6.45) is 4.19. The predicted molar refractivity (Wildman–Crippen MR) is 86.6 cm³/mol. The van der Waals surface area contributed by atoms with Crippen LogP contribution in [0.25, 0.3) is 0 Å². The van der Waals surface area contributed by atoms with Gasteiger partial charge in [-0.15, -0.1) is 11.3 Å². The van der Waals surface area contributed by atoms with Gasteiger partial charge in [0.2, 0.25) is 5.91 Å². The summed E-state index contributed by atoms with van der Waals surface area (Å²) in [6.45, 7) is 1.16. The van der Waals surface area contributed by atoms with Crippen molar-refractivity contribution >= 4 is 23.2 Å². The van der Waals surface area contributed by atoms with E-state index in [9.17, 15) is 9.59 Å². The first-order valence-electron chi connectivity index (χ1n) is 8.02. The van der Waals surface area contributed by atoms with E-state index in [1.54, 1.807) is 6.07 Å². The van der Waals surface area contributed by atoms with Crippen LogP contribution in [0.1, 0.15) is 35.4 Å². The molecule has 5 nitrogen and oxygen atoms in total. The van der Waals surface area contributed by atoms with Crippen molar-refractivity contribution in [3.05, 3.63) is 22.4 Å². The Morgan fingerprint density at radius 1 is 1.23 bits per heavy atom. The minimum absolute atomic E-state index is 0.000500. The maximum Gasteiger partial charge on any atom is 0.261 e. The number of thiophene rings is 1. The third kappa shape index (κ3) is 3.17. The second-order valence-corrected chi connectivity index (χ2v) is 7.26. The molecule has 2 aliphatic rings. The van der Waals surface area contributed by atoms with Gasteiger partial charge in [-0.25, -0.2) is 0 Å². The largest absolute Gasteiger partial charge is 0.356 e. The second-order valence-electron chi connectivity index (χ2n) is 6.31. The fraction of sp³-hybridized carbons (Fsp3) is 0.625. The Labute approximate surface area is 134 Å². The van der Waals surface area contributed by atoms with Gasteiger partial charge in [0, 0.05) is 19.1 Å². The molecule has 2 fully saturated rings. The van der Waals surface area contributed by atoms with Gasteiger partial charge in [0.25, 0.3) is 5.91 Å². The molecule has 0 aromatic carbocycles. The lowest BCUT2D eigenvalue weighted by atomic mass is 9.84. The zero-order valence-corrected chi connectivity index (χ0v) is 13.4. The molecule has 3 rings (SSSR count). The quantitative estimate of drug-likeness (QED) is 0.692. The van der Waals surface area contributed by atoms with E-state index < -0.39 is 0 Å². The third-order valence-electron chi connectivity index (χ3n) is 4.97. The van der Waals surface area contributed by atoms with Gasteiger partial charge < -0.3 is 16.4 Å². The van der Waals surface area contributed by atoms with Crippen molar-refractivity contribution < 1.29 is 9.59 Å². The summed E-state index contributed by atoms with van der Waals surface area (Å²) in [5.74, 6) is 1.09. The van der Waals surface area contributed by atoms with E-state index in [4.69, 9.17) is 5.73 Å². The van der Waals surface area contributed by atoms with Gasteiger partial charge in [-0.1, -0.05) is 6.07 Å². The number of carbonyl (C=O) groups excluding carboxylic acids is 2. The van der Waals surface area contributed by atoms with Gasteiger partial charge in [-0.05, 0) is 49.0 Å². The number of rotatable bonds is 6. The van der Waals surface area contributed by atoms with Crippen molar-refractivity contribution in [1.82, 2.24) is 10.6 Å². The standard InChI is InChI=1S/C16H23N3O2S/c17-14-11-5-4-10(9-11)13(14)16(21)19-7-2-6-18-15(20)12-3-1-8-22-12/h1,3,8,10-11,13-14H,2,4-7,9,17H2,(H,18,20)(H,19,21). The Bertz CT molecular complexity index is 530. The molecule has 4 unspecified atom stereocenters. The van der Waals surface area contributed by atoms with Crippen molar-refractivity contribution in [2.24, 2.45) is 23.5 Å². The number of carbonyl (C=O) groups is 2. The molecule has 1 heterocycles. The highest BCUT2D eigenvalue weighted by atomic mass is 32.1. The summed E-state index contributed by atoms with van der Waals surface area (Å²) in [4.78, 5) is 24.7. The van der Waals surface area contributed by atoms with E-state index in [1.165, 1.54) is 17.8 Å². The fourth-order valence-electron chi connectivity index (χ4n) is 3.84. The lowest BCUT2D eigenvalue weighted by Crippen LogP contribution is -2.45. The molecule has 0 saturated heterocycles. The number of hydrogen-bond acceptors (Lipinski definition) is 4. The fourth-order valence-corrected chi connectivity index (χ4v) is 4.48. The minimum atomic E-state index is -0.0450. The Hall–Kier alpha value is -1.40. The predicted octanol–water partition coefficient (Wildman–Crippen LogP) is 1.36. The van der Waals surface area contributed by atoms with Crippen LogP contribution in [-0.4, -0.2) is 30.9 Å². The van der Waals surface area contributed by atoms with Crippen molar-refractivity contribution in [3.63, 3.8) is 0 Å². The van der Waals surface area contributed by atoms with Crippen molar-refractivity contribution in [3.8, 4) is 0 Å². The van der Waals surface area contributed by atoms with Crippen LogP contribution in [0.3, 0.4) is 0 Å². The highest BCUT2D eigenvalue weighted by Gasteiger charge is 2.48. The lowest BCUT2D eigenvalue weighted by molar-refractivity contribution is -0.127. The SMILES string of the molecule is NC1C2CCC(C2)C1C(=O)NCCCNC(=O)c1cccs1. The summed E-state index contributed by atoms with van der Waals surface area (Å²) >= 11 is 1.43. The molecule has 1 aromatic rings. The summed E-state index contributed by atoms with van der Waals surface area (Å²) in [7, 11) is 0. The normalized spacial score (nSPS) is 29.5. The number of amides is 2. The molecule has 2 saturated carbocycles. The number of nitrogens with one attached hydrogen (secondary N) is 2. The van der Waals surface area contributed by atoms with Crippen LogP contribution in [0, 0.1) is 17.8 Å². The Balaban J connectivity index is 1.33. The highest BCUT2D eigenvalue weighted by molar-refractivity contribution is 7.12. The number of nitrogens with two attached hydrogens (primary N) is 1. The molecule has 0 spiro atoms. The molecule has 22 heavy (non-hydrogen) atoms. The van der Waals surface area contributed by atoms with Gasteiger partial charge in [0.05, 0.1) is 10.8 Å². The van der Waals surface area contributed by atoms with Crippen LogP contribution in [-0.2, 0) is 4.79 Å². The Morgan fingerprint density at radius 3 is 2.68 bits per heavy atom. The molecule has 1 aromatic heterocycles. The van der Waals surface area contributed by atoms with E-state index in [0.29, 0.717) is 24.9 Å². The molecule has 0 aliphatic heterocycles. The lowest BCUT2D eigenvalue weighted by Gasteiger charge is -2.27. The average molecular weight is 321 g/mol. The van der Waals surface area contributed by atoms with E-state index >= 15 is 0 Å². The van der Waals surface area contributed by atoms with E-state index in [2.05, 4.69) is 10.6 Å². The van der Waals surface area contributed by atoms with Crippen LogP contribution in [0.2, 0.25) is 0 Å². The summed E-state index contributed by atoms with van der Waals surface area (Å²) in [6, 6.07) is 3.70. The van der Waals surface area contributed by atoms with E-state index in [0.717, 1.165) is 24.1 Å². The monoisotopic (exact) mass is 321 g/mol. The van der Waals surface area contributed by atoms with E-state index in [1.807, 2.05) is 11.4 Å². The average Bonchev–Trinajstić information content (AvgIpc) is 3.23. The minimum Gasteiger partial charge on any atom is -0.356 e. The van der Waals surface area contributed by atoms with Crippen molar-refractivity contribution in [1.29, 1.82) is 0 Å². The molecule has 4 atom stereocenters. The third-order valence-corrected chi connectivity index (χ3v) is 5.84. The zero-order chi connectivity index (χ0) is 15.5. The van der Waals surface area contributed by atoms with Crippen LogP contribution in [0.15, 0.2) is 17.5 Å². The van der Waals surface area contributed by atoms with Crippen LogP contribution in [0.5, 0.6) is 0 Å². The van der Waals surface area contributed by atoms with Crippen LogP contribution in [0.4, 0.5) is 0 Å². The Kier molecular flexibility index (Phi) is 4.78. The molecule has 0 radical (unpaired) electrons. The molecule has 2 aliphatic carbocycles. The molecular formula is C16H23N3O2S. The van der Waals surface area contributed by atoms with Gasteiger partial charge in [0.15, 0.2) is 0 Å². The van der Waals surface area contributed by atoms with Crippen LogP contribution >= 0.6 is 11.3 Å². The molecule has 6 heteroatoms. The highest BCUT2D eigenvalue weighted by Crippen LogP contribution is 2.47. The van der Waals surface area contributed by atoms with Gasteiger partial charge in [-0.3, -0.25) is 9.59 Å². The van der Waals surface area contributed by atoms with Gasteiger partial charge in [0.1, 0.15) is 0 Å². The Morgan fingerprint density at radius 2 is 2.00 bits per heavy atom. The van der Waals surface area contributed by atoms with E-state index in [-0.39, 0.29) is 23.8 Å². The molecule has 120 valence electrons. The summed E-state index contributed by atoms with van der Waals surface area (Å²) < 4.78 is 0. The van der Waals surface area contributed by atoms with Crippen molar-refractivity contribution in [2.75, 3.05) is 13.1 Å². The first kappa shape index (κ1) is 15.5. The van der Waals surface area contributed by atoms with Crippen LogP contribution < -0.4 is 16.4 Å². The molecule has 2 bridgehead atoms. The molecule has 4 N–H and O–H groups in total. The topological polar surface area (TPSA) is 84.2 Å². The maximum absolute atomic E-state index is 12.3. The first-order chi connectivity index (χ1) is 10.7. The molecule has 2 amide bonds. The maximum atomic E-state index is 12.3. The summed E-state index contributed by atoms with van der Waals surface area (Å²) in [5, 5.41) is 7.72. The smallest absolute Gasteiger partial charge is 0.261 e. The first-order valence-corrected chi connectivity index (χ1v) is 8.90. The molecular weight excluding hydrogens is 298 g/mol. The van der Waals surface area contributed by atoms with Gasteiger partial charge in [-0.2, -0.15) is 0 Å². The number of fused-ring (bicyclic) bond motifs is 2. The zero-order valence-electron chi connectivity index (χ0n) is 12.6. The second kappa shape index (κ2) is 6.79. The summed E-state index contributed by atoms with van der Waals surface area (Å²) in [5.41, 5.74) is 6.17. The number of hydrogen-bond donors (Lipinski definition) is 3. The van der Waals surface area contributed by atoms with Crippen molar-refractivity contribution in [2.45, 2.75) is 31.7 Å².